The average Bonchev–Trinajstić information content (AvgIpc) is 3.05. The highest BCUT2D eigenvalue weighted by molar-refractivity contribution is 5.95. The molecule has 2 amide bonds. The zero-order valence-corrected chi connectivity index (χ0v) is 14.1. The summed E-state index contributed by atoms with van der Waals surface area (Å²) in [6.07, 6.45) is 4.10. The fourth-order valence-electron chi connectivity index (χ4n) is 2.85. The zero-order valence-electron chi connectivity index (χ0n) is 14.1. The molecule has 1 aromatic heterocycles. The first-order chi connectivity index (χ1) is 12.2. The Hall–Kier alpha value is -3.08. The quantitative estimate of drug-likeness (QED) is 0.645. The van der Waals surface area contributed by atoms with E-state index in [2.05, 4.69) is 21.7 Å². The first-order valence-corrected chi connectivity index (χ1v) is 8.34. The van der Waals surface area contributed by atoms with Gasteiger partial charge in [-0.1, -0.05) is 18.2 Å². The molecule has 0 atom stereocenters. The van der Waals surface area contributed by atoms with Crippen LogP contribution in [0.15, 0.2) is 54.7 Å². The van der Waals surface area contributed by atoms with Gasteiger partial charge in [-0.3, -0.25) is 9.59 Å². The minimum Gasteiger partial charge on any atom is -0.361 e. The third-order valence-electron chi connectivity index (χ3n) is 4.18. The van der Waals surface area contributed by atoms with Crippen molar-refractivity contribution in [1.29, 1.82) is 0 Å². The van der Waals surface area contributed by atoms with Gasteiger partial charge in [0, 0.05) is 41.8 Å². The lowest BCUT2D eigenvalue weighted by Crippen LogP contribution is -2.17. The Balaban J connectivity index is 1.50. The van der Waals surface area contributed by atoms with Crippen LogP contribution >= 0.6 is 0 Å². The summed E-state index contributed by atoms with van der Waals surface area (Å²) in [6, 6.07) is 15.0. The van der Waals surface area contributed by atoms with Crippen molar-refractivity contribution in [1.82, 2.24) is 10.3 Å². The van der Waals surface area contributed by atoms with Crippen molar-refractivity contribution in [2.45, 2.75) is 19.3 Å². The van der Waals surface area contributed by atoms with Crippen LogP contribution in [0.2, 0.25) is 0 Å². The van der Waals surface area contributed by atoms with Gasteiger partial charge in [-0.2, -0.15) is 0 Å². The topological polar surface area (TPSA) is 74.0 Å². The van der Waals surface area contributed by atoms with Crippen molar-refractivity contribution in [3.63, 3.8) is 0 Å². The van der Waals surface area contributed by atoms with Gasteiger partial charge in [0.05, 0.1) is 0 Å². The smallest absolute Gasteiger partial charge is 0.251 e. The predicted octanol–water partition coefficient (Wildman–Crippen LogP) is 3.49. The molecule has 3 rings (SSSR count). The summed E-state index contributed by atoms with van der Waals surface area (Å²) in [5, 5.41) is 6.65. The van der Waals surface area contributed by atoms with Crippen molar-refractivity contribution in [3.8, 4) is 0 Å². The average molecular weight is 335 g/mol. The lowest BCUT2D eigenvalue weighted by molar-refractivity contribution is -0.116. The summed E-state index contributed by atoms with van der Waals surface area (Å²) in [5.41, 5.74) is 3.63. The molecule has 3 aromatic rings. The minimum absolute atomic E-state index is 0.0208. The monoisotopic (exact) mass is 335 g/mol. The fraction of sp³-hybridized carbons (Fsp3) is 0.200. The maximum atomic E-state index is 12.1. The highest BCUT2D eigenvalue weighted by atomic mass is 16.2. The van der Waals surface area contributed by atoms with Crippen LogP contribution in [0, 0.1) is 0 Å². The number of carbonyl (C=O) groups is 2. The number of amides is 2. The van der Waals surface area contributed by atoms with Gasteiger partial charge in [-0.15, -0.1) is 0 Å². The number of fused-ring (bicyclic) bond motifs is 1. The highest BCUT2D eigenvalue weighted by Crippen LogP contribution is 2.19. The Morgan fingerprint density at radius 2 is 1.80 bits per heavy atom. The largest absolute Gasteiger partial charge is 0.361 e. The molecule has 2 aromatic carbocycles. The van der Waals surface area contributed by atoms with Crippen LogP contribution < -0.4 is 10.6 Å². The maximum Gasteiger partial charge on any atom is 0.251 e. The number of aromatic nitrogens is 1. The lowest BCUT2D eigenvalue weighted by atomic mass is 10.1. The van der Waals surface area contributed by atoms with Crippen molar-refractivity contribution in [3.05, 3.63) is 65.9 Å². The Morgan fingerprint density at radius 1 is 1.04 bits per heavy atom. The molecular formula is C20H21N3O2. The Kier molecular flexibility index (Phi) is 5.14. The molecule has 0 aliphatic heterocycles. The van der Waals surface area contributed by atoms with Crippen molar-refractivity contribution < 1.29 is 9.59 Å². The van der Waals surface area contributed by atoms with Crippen molar-refractivity contribution in [2.24, 2.45) is 0 Å². The molecule has 0 bridgehead atoms. The third kappa shape index (κ3) is 4.07. The maximum absolute atomic E-state index is 12.1. The zero-order chi connectivity index (χ0) is 17.6. The van der Waals surface area contributed by atoms with Gasteiger partial charge in [0.2, 0.25) is 5.91 Å². The van der Waals surface area contributed by atoms with Gasteiger partial charge in [0.1, 0.15) is 0 Å². The van der Waals surface area contributed by atoms with Crippen LogP contribution in [0.3, 0.4) is 0 Å². The fourth-order valence-corrected chi connectivity index (χ4v) is 2.85. The minimum atomic E-state index is -0.142. The number of aryl methyl sites for hydroxylation is 1. The molecule has 0 fully saturated rings. The summed E-state index contributed by atoms with van der Waals surface area (Å²) in [6.45, 7) is 0. The first-order valence-electron chi connectivity index (χ1n) is 8.34. The normalized spacial score (nSPS) is 10.6. The molecule has 0 spiro atoms. The van der Waals surface area contributed by atoms with E-state index in [1.165, 1.54) is 10.9 Å². The molecule has 128 valence electrons. The van der Waals surface area contributed by atoms with Gasteiger partial charge in [-0.25, -0.2) is 0 Å². The van der Waals surface area contributed by atoms with Crippen molar-refractivity contribution in [2.75, 3.05) is 12.4 Å². The second-order valence-corrected chi connectivity index (χ2v) is 5.92. The number of H-pyrrole nitrogens is 1. The molecule has 0 aliphatic rings. The van der Waals surface area contributed by atoms with Gasteiger partial charge in [0.15, 0.2) is 0 Å². The number of rotatable bonds is 6. The molecule has 3 N–H and O–H groups in total. The SMILES string of the molecule is CNC(=O)c1ccc(NC(=O)CCCc2c[nH]c3ccccc23)cc1. The van der Waals surface area contributed by atoms with E-state index in [4.69, 9.17) is 0 Å². The van der Waals surface area contributed by atoms with E-state index < -0.39 is 0 Å². The first kappa shape index (κ1) is 16.8. The van der Waals surface area contributed by atoms with E-state index in [1.54, 1.807) is 31.3 Å². The van der Waals surface area contributed by atoms with Crippen LogP contribution in [0.1, 0.15) is 28.8 Å². The summed E-state index contributed by atoms with van der Waals surface area (Å²) in [4.78, 5) is 26.8. The lowest BCUT2D eigenvalue weighted by Gasteiger charge is -2.06. The van der Waals surface area contributed by atoms with E-state index in [1.807, 2.05) is 24.4 Å². The number of aromatic amines is 1. The van der Waals surface area contributed by atoms with Gasteiger partial charge in [-0.05, 0) is 48.7 Å². The number of carbonyl (C=O) groups excluding carboxylic acids is 2. The molecule has 0 radical (unpaired) electrons. The van der Waals surface area contributed by atoms with Crippen LogP contribution in [0.4, 0.5) is 5.69 Å². The number of para-hydroxylation sites is 1. The number of anilines is 1. The van der Waals surface area contributed by atoms with E-state index in [0.29, 0.717) is 17.7 Å². The standard InChI is InChI=1S/C20H21N3O2/c1-21-20(25)14-9-11-16(12-10-14)23-19(24)8-4-5-15-13-22-18-7-3-2-6-17(15)18/h2-3,6-7,9-13,22H,4-5,8H2,1H3,(H,21,25)(H,23,24). The molecule has 5 nitrogen and oxygen atoms in total. The predicted molar refractivity (Wildman–Crippen MR) is 99.7 cm³/mol. The van der Waals surface area contributed by atoms with E-state index in [-0.39, 0.29) is 11.8 Å². The Bertz CT molecular complexity index is 881. The van der Waals surface area contributed by atoms with Gasteiger partial charge >= 0.3 is 0 Å². The van der Waals surface area contributed by atoms with Crippen LogP contribution in [0.25, 0.3) is 10.9 Å². The molecule has 1 heterocycles. The third-order valence-corrected chi connectivity index (χ3v) is 4.18. The number of hydrogen-bond donors (Lipinski definition) is 3. The van der Waals surface area contributed by atoms with Crippen molar-refractivity contribution >= 4 is 28.4 Å². The van der Waals surface area contributed by atoms with E-state index in [9.17, 15) is 9.59 Å². The van der Waals surface area contributed by atoms with Gasteiger partial charge < -0.3 is 15.6 Å². The number of hydrogen-bond acceptors (Lipinski definition) is 2. The summed E-state index contributed by atoms with van der Waals surface area (Å²) in [7, 11) is 1.59. The van der Waals surface area contributed by atoms with E-state index >= 15 is 0 Å². The molecule has 5 heteroatoms. The molecule has 25 heavy (non-hydrogen) atoms. The highest BCUT2D eigenvalue weighted by Gasteiger charge is 2.07. The molecule has 0 saturated heterocycles. The molecule has 0 aliphatic carbocycles. The second kappa shape index (κ2) is 7.66. The van der Waals surface area contributed by atoms with Gasteiger partial charge in [0.25, 0.3) is 5.91 Å². The summed E-state index contributed by atoms with van der Waals surface area (Å²) < 4.78 is 0. The Labute approximate surface area is 146 Å². The number of nitrogens with one attached hydrogen (secondary N) is 3. The Morgan fingerprint density at radius 3 is 2.56 bits per heavy atom. The number of benzene rings is 2. The summed E-state index contributed by atoms with van der Waals surface area (Å²) >= 11 is 0. The summed E-state index contributed by atoms with van der Waals surface area (Å²) in [5.74, 6) is -0.163. The molecular weight excluding hydrogens is 314 g/mol. The van der Waals surface area contributed by atoms with Crippen LogP contribution in [-0.4, -0.2) is 23.8 Å². The van der Waals surface area contributed by atoms with Crippen LogP contribution in [-0.2, 0) is 11.2 Å². The molecule has 0 saturated carbocycles. The molecule has 0 unspecified atom stereocenters. The second-order valence-electron chi connectivity index (χ2n) is 5.92. The van der Waals surface area contributed by atoms with Crippen LogP contribution in [0.5, 0.6) is 0 Å². The van der Waals surface area contributed by atoms with E-state index in [0.717, 1.165) is 18.4 Å².